The van der Waals surface area contributed by atoms with Crippen molar-refractivity contribution in [2.45, 2.75) is 33.9 Å². The maximum Gasteiger partial charge on any atom is 0.373 e. The molecule has 2 aromatic rings. The second-order valence-electron chi connectivity index (χ2n) is 6.10. The number of hydrogen-bond donors (Lipinski definition) is 0. The summed E-state index contributed by atoms with van der Waals surface area (Å²) in [6.07, 6.45) is 1.75. The first kappa shape index (κ1) is 19.0. The summed E-state index contributed by atoms with van der Waals surface area (Å²) in [4.78, 5) is 37.9. The summed E-state index contributed by atoms with van der Waals surface area (Å²) in [7, 11) is 1.25. The van der Waals surface area contributed by atoms with Crippen molar-refractivity contribution in [2.24, 2.45) is 0 Å². The van der Waals surface area contributed by atoms with Gasteiger partial charge in [-0.05, 0) is 62.4 Å². The Balaban J connectivity index is 1.81. The van der Waals surface area contributed by atoms with Crippen LogP contribution in [0.1, 0.15) is 40.2 Å². The first-order valence-corrected chi connectivity index (χ1v) is 9.26. The Morgan fingerprint density at radius 3 is 2.67 bits per heavy atom. The summed E-state index contributed by atoms with van der Waals surface area (Å²) in [6, 6.07) is 5.01. The van der Waals surface area contributed by atoms with Crippen molar-refractivity contribution in [1.29, 1.82) is 0 Å². The second kappa shape index (κ2) is 7.48. The van der Waals surface area contributed by atoms with Crippen molar-refractivity contribution < 1.29 is 23.5 Å². The van der Waals surface area contributed by atoms with Crippen LogP contribution in [0.5, 0.6) is 0 Å². The highest BCUT2D eigenvalue weighted by Crippen LogP contribution is 2.34. The van der Waals surface area contributed by atoms with Crippen molar-refractivity contribution in [2.75, 3.05) is 7.11 Å². The van der Waals surface area contributed by atoms with E-state index < -0.39 is 5.97 Å². The lowest BCUT2D eigenvalue weighted by Crippen LogP contribution is -2.27. The maximum absolute atomic E-state index is 12.7. The van der Waals surface area contributed by atoms with Crippen LogP contribution in [0.25, 0.3) is 6.08 Å². The van der Waals surface area contributed by atoms with Gasteiger partial charge in [0.05, 0.1) is 18.6 Å². The number of ether oxygens (including phenoxy) is 1. The summed E-state index contributed by atoms with van der Waals surface area (Å²) >= 11 is 0.901. The standard InChI is InChI=1S/C19H20N2O5S/c1-5-20-11(2)8-13(12(20)3)9-16-17(22)21(19(24)27-16)10-14-6-7-15(26-14)18(23)25-4/h6-9H,5,10H2,1-4H3/b16-9+. The number of nitrogens with zero attached hydrogens (tertiary/aromatic N) is 2. The van der Waals surface area contributed by atoms with E-state index in [0.29, 0.717) is 10.7 Å². The molecule has 0 aromatic carbocycles. The normalized spacial score (nSPS) is 15.9. The van der Waals surface area contributed by atoms with Crippen molar-refractivity contribution in [3.8, 4) is 0 Å². The molecule has 27 heavy (non-hydrogen) atoms. The molecule has 1 aliphatic rings. The van der Waals surface area contributed by atoms with Gasteiger partial charge in [0.1, 0.15) is 5.76 Å². The number of rotatable bonds is 5. The molecule has 0 bridgehead atoms. The molecule has 142 valence electrons. The van der Waals surface area contributed by atoms with Crippen LogP contribution in [0.4, 0.5) is 4.79 Å². The number of esters is 1. The molecule has 2 aromatic heterocycles. The lowest BCUT2D eigenvalue weighted by Gasteiger charge is -2.09. The molecule has 1 fully saturated rings. The molecule has 0 N–H and O–H groups in total. The van der Waals surface area contributed by atoms with Gasteiger partial charge < -0.3 is 13.7 Å². The van der Waals surface area contributed by atoms with Crippen LogP contribution in [-0.4, -0.2) is 33.7 Å². The lowest BCUT2D eigenvalue weighted by molar-refractivity contribution is -0.123. The molecule has 0 radical (unpaired) electrons. The Bertz CT molecular complexity index is 953. The average Bonchev–Trinajstić information content (AvgIpc) is 3.29. The molecular weight excluding hydrogens is 368 g/mol. The van der Waals surface area contributed by atoms with E-state index in [1.54, 1.807) is 12.1 Å². The second-order valence-corrected chi connectivity index (χ2v) is 7.09. The minimum absolute atomic E-state index is 0.0296. The van der Waals surface area contributed by atoms with Crippen LogP contribution >= 0.6 is 11.8 Å². The molecule has 1 saturated heterocycles. The third-order valence-electron chi connectivity index (χ3n) is 4.45. The fourth-order valence-corrected chi connectivity index (χ4v) is 3.90. The van der Waals surface area contributed by atoms with E-state index in [2.05, 4.69) is 16.2 Å². The zero-order valence-electron chi connectivity index (χ0n) is 15.6. The highest BCUT2D eigenvalue weighted by molar-refractivity contribution is 8.18. The van der Waals surface area contributed by atoms with Crippen molar-refractivity contribution >= 4 is 35.0 Å². The largest absolute Gasteiger partial charge is 0.463 e. The monoisotopic (exact) mass is 388 g/mol. The van der Waals surface area contributed by atoms with Gasteiger partial charge in [-0.25, -0.2) is 4.79 Å². The number of hydrogen-bond acceptors (Lipinski definition) is 6. The van der Waals surface area contributed by atoms with Gasteiger partial charge in [-0.2, -0.15) is 0 Å². The molecule has 3 rings (SSSR count). The molecule has 0 spiro atoms. The number of methoxy groups -OCH3 is 1. The van der Waals surface area contributed by atoms with E-state index >= 15 is 0 Å². The zero-order chi connectivity index (χ0) is 19.7. The summed E-state index contributed by atoms with van der Waals surface area (Å²) in [5, 5.41) is -0.369. The molecule has 0 atom stereocenters. The number of thioether (sulfide) groups is 1. The average molecular weight is 388 g/mol. The zero-order valence-corrected chi connectivity index (χ0v) is 16.4. The molecule has 8 heteroatoms. The van der Waals surface area contributed by atoms with E-state index in [0.717, 1.165) is 40.2 Å². The SMILES string of the molecule is CCn1c(C)cc(/C=C2/SC(=O)N(Cc3ccc(C(=O)OC)o3)C2=O)c1C. The molecule has 0 saturated carbocycles. The highest BCUT2D eigenvalue weighted by Gasteiger charge is 2.36. The van der Waals surface area contributed by atoms with Gasteiger partial charge in [0, 0.05) is 17.9 Å². The molecule has 1 aliphatic heterocycles. The Morgan fingerprint density at radius 2 is 2.04 bits per heavy atom. The van der Waals surface area contributed by atoms with Gasteiger partial charge in [0.15, 0.2) is 0 Å². The van der Waals surface area contributed by atoms with E-state index in [1.807, 2.05) is 19.9 Å². The minimum atomic E-state index is -0.610. The fraction of sp³-hybridized carbons (Fsp3) is 0.316. The first-order valence-electron chi connectivity index (χ1n) is 8.44. The number of furan rings is 1. The summed E-state index contributed by atoms with van der Waals surface area (Å²) in [6.45, 7) is 6.86. The van der Waals surface area contributed by atoms with Gasteiger partial charge in [-0.1, -0.05) is 0 Å². The van der Waals surface area contributed by atoms with E-state index in [1.165, 1.54) is 13.2 Å². The van der Waals surface area contributed by atoms with Gasteiger partial charge in [0.2, 0.25) is 5.76 Å². The number of aromatic nitrogens is 1. The van der Waals surface area contributed by atoms with Crippen molar-refractivity contribution in [3.63, 3.8) is 0 Å². The predicted molar refractivity (Wildman–Crippen MR) is 101 cm³/mol. The number of carbonyl (C=O) groups is 3. The van der Waals surface area contributed by atoms with Gasteiger partial charge in [0.25, 0.3) is 11.1 Å². The summed E-state index contributed by atoms with van der Waals surface area (Å²) in [5.74, 6) is -0.617. The van der Waals surface area contributed by atoms with Crippen molar-refractivity contribution in [3.05, 3.63) is 51.6 Å². The molecular formula is C19H20N2O5S. The fourth-order valence-electron chi connectivity index (χ4n) is 3.07. The minimum Gasteiger partial charge on any atom is -0.463 e. The molecule has 3 heterocycles. The van der Waals surface area contributed by atoms with E-state index in [-0.39, 0.29) is 23.5 Å². The van der Waals surface area contributed by atoms with Crippen LogP contribution in [0.15, 0.2) is 27.5 Å². The number of imide groups is 1. The third-order valence-corrected chi connectivity index (χ3v) is 5.36. The molecule has 7 nitrogen and oxygen atoms in total. The molecule has 2 amide bonds. The number of carbonyl (C=O) groups excluding carboxylic acids is 3. The number of aryl methyl sites for hydroxylation is 1. The maximum atomic E-state index is 12.7. The first-order chi connectivity index (χ1) is 12.8. The van der Waals surface area contributed by atoms with Crippen LogP contribution in [-0.2, 0) is 22.6 Å². The smallest absolute Gasteiger partial charge is 0.373 e. The number of amides is 2. The Kier molecular flexibility index (Phi) is 5.27. The quantitative estimate of drug-likeness (QED) is 0.573. The van der Waals surface area contributed by atoms with Crippen LogP contribution in [0, 0.1) is 13.8 Å². The topological polar surface area (TPSA) is 81.8 Å². The lowest BCUT2D eigenvalue weighted by atomic mass is 10.2. The van der Waals surface area contributed by atoms with Gasteiger partial charge in [-0.3, -0.25) is 14.5 Å². The molecule has 0 unspecified atom stereocenters. The van der Waals surface area contributed by atoms with Crippen molar-refractivity contribution in [1.82, 2.24) is 9.47 Å². The van der Waals surface area contributed by atoms with Crippen LogP contribution < -0.4 is 0 Å². The Morgan fingerprint density at radius 1 is 1.30 bits per heavy atom. The third kappa shape index (κ3) is 3.57. The Hall–Kier alpha value is -2.74. The predicted octanol–water partition coefficient (Wildman–Crippen LogP) is 3.74. The summed E-state index contributed by atoms with van der Waals surface area (Å²) < 4.78 is 12.1. The van der Waals surface area contributed by atoms with E-state index in [4.69, 9.17) is 4.42 Å². The van der Waals surface area contributed by atoms with Crippen LogP contribution in [0.3, 0.4) is 0 Å². The molecule has 0 aliphatic carbocycles. The van der Waals surface area contributed by atoms with E-state index in [9.17, 15) is 14.4 Å². The van der Waals surface area contributed by atoms with Gasteiger partial charge >= 0.3 is 5.97 Å². The van der Waals surface area contributed by atoms with Gasteiger partial charge in [-0.15, -0.1) is 0 Å². The highest BCUT2D eigenvalue weighted by atomic mass is 32.2. The summed E-state index contributed by atoms with van der Waals surface area (Å²) in [5.41, 5.74) is 3.08. The van der Waals surface area contributed by atoms with Crippen LogP contribution in [0.2, 0.25) is 0 Å². The Labute approximate surface area is 161 Å².